The monoisotopic (exact) mass is 632 g/mol. The average Bonchev–Trinajstić information content (AvgIpc) is 3.16. The average molecular weight is 633 g/mol. The summed E-state index contributed by atoms with van der Waals surface area (Å²) in [4.78, 5) is 34.2. The maximum Gasteiger partial charge on any atom is 0.338 e. The Balaban J connectivity index is 1.01. The summed E-state index contributed by atoms with van der Waals surface area (Å²) in [6.45, 7) is 0.0983. The molecule has 0 aliphatic heterocycles. The summed E-state index contributed by atoms with van der Waals surface area (Å²) in [6.07, 6.45) is 3.25. The van der Waals surface area contributed by atoms with Crippen LogP contribution in [0.5, 0.6) is 0 Å². The second-order valence-corrected chi connectivity index (χ2v) is 10.4. The van der Waals surface area contributed by atoms with Crippen molar-refractivity contribution in [3.05, 3.63) is 168 Å². The van der Waals surface area contributed by atoms with Gasteiger partial charge in [0.1, 0.15) is 13.2 Å². The summed E-state index contributed by atoms with van der Waals surface area (Å²) in [5.74, 6) is -0.930. The third-order valence-electron chi connectivity index (χ3n) is 6.93. The summed E-state index contributed by atoms with van der Waals surface area (Å²) in [5.41, 5.74) is 6.18. The quantitative estimate of drug-likeness (QED) is 0.103. The van der Waals surface area contributed by atoms with Crippen LogP contribution in [0.25, 0.3) is 11.4 Å². The van der Waals surface area contributed by atoms with Crippen molar-refractivity contribution in [2.45, 2.75) is 13.2 Å². The van der Waals surface area contributed by atoms with Crippen molar-refractivity contribution in [3.63, 3.8) is 0 Å². The molecule has 4 aromatic carbocycles. The lowest BCUT2D eigenvalue weighted by atomic mass is 10.1. The number of carbonyl (C=O) groups excluding carboxylic acids is 2. The SMILES string of the molecule is O=C(OCc1ccnc(-c2cc(COC(=O)c3ccc(N=Nc4ccccc4)cc3)ccn2)c1)c1ccc(N=Nc2ccccc2)cc1. The summed E-state index contributed by atoms with van der Waals surface area (Å²) < 4.78 is 11.1. The van der Waals surface area contributed by atoms with Crippen LogP contribution >= 0.6 is 0 Å². The molecular weight excluding hydrogens is 604 g/mol. The third kappa shape index (κ3) is 8.73. The lowest BCUT2D eigenvalue weighted by Gasteiger charge is -2.08. The molecule has 48 heavy (non-hydrogen) atoms. The molecule has 6 aromatic rings. The minimum atomic E-state index is -0.465. The Bertz CT molecular complexity index is 1900. The van der Waals surface area contributed by atoms with Crippen molar-refractivity contribution >= 4 is 34.7 Å². The number of aromatic nitrogens is 2. The van der Waals surface area contributed by atoms with Gasteiger partial charge in [-0.3, -0.25) is 9.97 Å². The molecule has 0 saturated carbocycles. The summed E-state index contributed by atoms with van der Waals surface area (Å²) >= 11 is 0. The van der Waals surface area contributed by atoms with Gasteiger partial charge in [0.15, 0.2) is 0 Å². The molecule has 0 bridgehead atoms. The van der Waals surface area contributed by atoms with Gasteiger partial charge in [0.25, 0.3) is 0 Å². The number of esters is 2. The lowest BCUT2D eigenvalue weighted by Crippen LogP contribution is -2.06. The molecule has 0 N–H and O–H groups in total. The smallest absolute Gasteiger partial charge is 0.338 e. The van der Waals surface area contributed by atoms with E-state index < -0.39 is 11.9 Å². The summed E-state index contributed by atoms with van der Waals surface area (Å²) in [5, 5.41) is 16.8. The van der Waals surface area contributed by atoms with Crippen LogP contribution in [0.2, 0.25) is 0 Å². The fraction of sp³-hybridized carbons (Fsp3) is 0.0526. The number of carbonyl (C=O) groups is 2. The molecule has 234 valence electrons. The van der Waals surface area contributed by atoms with E-state index in [1.165, 1.54) is 0 Å². The Labute approximate surface area is 276 Å². The number of nitrogens with zero attached hydrogens (tertiary/aromatic N) is 6. The normalized spacial score (nSPS) is 11.1. The number of azo groups is 2. The minimum Gasteiger partial charge on any atom is -0.457 e. The van der Waals surface area contributed by atoms with E-state index in [1.54, 1.807) is 85.2 Å². The van der Waals surface area contributed by atoms with Gasteiger partial charge < -0.3 is 9.47 Å². The zero-order valence-electron chi connectivity index (χ0n) is 25.6. The number of ether oxygens (including phenoxy) is 2. The summed E-state index contributed by atoms with van der Waals surface area (Å²) in [6, 6.07) is 39.4. The molecule has 0 saturated heterocycles. The van der Waals surface area contributed by atoms with Crippen molar-refractivity contribution in [2.24, 2.45) is 20.5 Å². The highest BCUT2D eigenvalue weighted by Crippen LogP contribution is 2.22. The maximum atomic E-state index is 12.7. The Morgan fingerprint density at radius 3 is 1.19 bits per heavy atom. The van der Waals surface area contributed by atoms with E-state index in [0.717, 1.165) is 22.5 Å². The molecule has 2 aromatic heterocycles. The molecule has 0 amide bonds. The van der Waals surface area contributed by atoms with Gasteiger partial charge in [-0.2, -0.15) is 20.5 Å². The van der Waals surface area contributed by atoms with Crippen LogP contribution in [0.15, 0.2) is 166 Å². The second kappa shape index (κ2) is 15.5. The molecule has 10 heteroatoms. The predicted molar refractivity (Wildman–Crippen MR) is 180 cm³/mol. The topological polar surface area (TPSA) is 128 Å². The Hall–Kier alpha value is -6.68. The fourth-order valence-electron chi connectivity index (χ4n) is 4.42. The molecular formula is C38H28N6O4. The van der Waals surface area contributed by atoms with Crippen LogP contribution in [0, 0.1) is 0 Å². The van der Waals surface area contributed by atoms with Crippen molar-refractivity contribution in [1.29, 1.82) is 0 Å². The van der Waals surface area contributed by atoms with Gasteiger partial charge in [0.05, 0.1) is 45.3 Å². The van der Waals surface area contributed by atoms with Crippen molar-refractivity contribution in [2.75, 3.05) is 0 Å². The molecule has 0 spiro atoms. The van der Waals surface area contributed by atoms with Gasteiger partial charge in [-0.05, 0) is 108 Å². The van der Waals surface area contributed by atoms with Gasteiger partial charge in [-0.25, -0.2) is 9.59 Å². The zero-order valence-corrected chi connectivity index (χ0v) is 25.6. The van der Waals surface area contributed by atoms with Crippen molar-refractivity contribution < 1.29 is 19.1 Å². The molecule has 0 unspecified atom stereocenters. The summed E-state index contributed by atoms with van der Waals surface area (Å²) in [7, 11) is 0. The van der Waals surface area contributed by atoms with Crippen LogP contribution in [0.4, 0.5) is 22.7 Å². The Morgan fingerprint density at radius 1 is 0.458 bits per heavy atom. The van der Waals surface area contributed by atoms with Crippen LogP contribution in [0.1, 0.15) is 31.8 Å². The number of hydrogen-bond acceptors (Lipinski definition) is 10. The maximum absolute atomic E-state index is 12.7. The third-order valence-corrected chi connectivity index (χ3v) is 6.93. The van der Waals surface area contributed by atoms with E-state index in [1.807, 2.05) is 60.7 Å². The lowest BCUT2D eigenvalue weighted by molar-refractivity contribution is 0.0464. The Morgan fingerprint density at radius 2 is 0.812 bits per heavy atom. The van der Waals surface area contributed by atoms with Crippen LogP contribution in [-0.2, 0) is 22.7 Å². The first-order valence-corrected chi connectivity index (χ1v) is 15.0. The molecule has 0 atom stereocenters. The van der Waals surface area contributed by atoms with Crippen molar-refractivity contribution in [1.82, 2.24) is 9.97 Å². The largest absolute Gasteiger partial charge is 0.457 e. The van der Waals surface area contributed by atoms with E-state index in [0.29, 0.717) is 33.9 Å². The highest BCUT2D eigenvalue weighted by molar-refractivity contribution is 5.90. The Kier molecular flexibility index (Phi) is 10.1. The molecule has 0 aliphatic carbocycles. The van der Waals surface area contributed by atoms with Gasteiger partial charge in [0.2, 0.25) is 0 Å². The minimum absolute atomic E-state index is 0.0491. The molecule has 2 heterocycles. The van der Waals surface area contributed by atoms with Crippen molar-refractivity contribution in [3.8, 4) is 11.4 Å². The van der Waals surface area contributed by atoms with Crippen LogP contribution in [-0.4, -0.2) is 21.9 Å². The molecule has 10 nitrogen and oxygen atoms in total. The van der Waals surface area contributed by atoms with Gasteiger partial charge in [-0.15, -0.1) is 0 Å². The van der Waals surface area contributed by atoms with Gasteiger partial charge in [0, 0.05) is 12.4 Å². The number of benzene rings is 4. The zero-order chi connectivity index (χ0) is 33.0. The van der Waals surface area contributed by atoms with Gasteiger partial charge in [-0.1, -0.05) is 36.4 Å². The van der Waals surface area contributed by atoms with Crippen LogP contribution < -0.4 is 0 Å². The number of rotatable bonds is 11. The highest BCUT2D eigenvalue weighted by atomic mass is 16.5. The first kappa shape index (κ1) is 31.3. The van der Waals surface area contributed by atoms with E-state index in [-0.39, 0.29) is 13.2 Å². The van der Waals surface area contributed by atoms with E-state index in [2.05, 4.69) is 30.4 Å². The number of hydrogen-bond donors (Lipinski definition) is 0. The highest BCUT2D eigenvalue weighted by Gasteiger charge is 2.11. The first-order chi connectivity index (χ1) is 23.6. The molecule has 0 fully saturated rings. The standard InChI is InChI=1S/C38H28N6O4/c45-37(29-11-15-33(16-12-29)43-41-31-7-3-1-4-8-31)47-25-27-19-21-39-35(23-27)36-24-28(20-22-40-36)26-48-38(46)30-13-17-34(18-14-30)44-42-32-9-5-2-6-10-32/h1-24H,25-26H2. The molecule has 0 aliphatic rings. The first-order valence-electron chi connectivity index (χ1n) is 15.0. The predicted octanol–water partition coefficient (Wildman–Crippen LogP) is 9.69. The number of pyridine rings is 2. The molecule has 6 rings (SSSR count). The van der Waals surface area contributed by atoms with E-state index in [4.69, 9.17) is 9.47 Å². The van der Waals surface area contributed by atoms with E-state index >= 15 is 0 Å². The van der Waals surface area contributed by atoms with E-state index in [9.17, 15) is 9.59 Å². The molecule has 0 radical (unpaired) electrons. The fourth-order valence-corrected chi connectivity index (χ4v) is 4.42. The van der Waals surface area contributed by atoms with Gasteiger partial charge >= 0.3 is 11.9 Å². The van der Waals surface area contributed by atoms with Crippen LogP contribution in [0.3, 0.4) is 0 Å². The second-order valence-electron chi connectivity index (χ2n) is 10.4.